The molecular formula is C13H16N2O2S. The van der Waals surface area contributed by atoms with Gasteiger partial charge in [0.2, 0.25) is 0 Å². The van der Waals surface area contributed by atoms with Crippen LogP contribution in [0.1, 0.15) is 16.5 Å². The van der Waals surface area contributed by atoms with Crippen molar-refractivity contribution in [1.82, 2.24) is 4.98 Å². The van der Waals surface area contributed by atoms with Crippen LogP contribution in [0.4, 0.5) is 0 Å². The van der Waals surface area contributed by atoms with Gasteiger partial charge in [-0.25, -0.2) is 0 Å². The summed E-state index contributed by atoms with van der Waals surface area (Å²) in [7, 11) is 3.27. The average molecular weight is 264 g/mol. The number of nitrogens with zero attached hydrogens (tertiary/aromatic N) is 1. The van der Waals surface area contributed by atoms with E-state index in [1.165, 1.54) is 4.88 Å². The number of hydrogen-bond donors (Lipinski definition) is 1. The smallest absolute Gasteiger partial charge is 0.127 e. The Morgan fingerprint density at radius 2 is 2.17 bits per heavy atom. The molecule has 4 nitrogen and oxygen atoms in total. The molecule has 0 aliphatic carbocycles. The van der Waals surface area contributed by atoms with E-state index in [4.69, 9.17) is 15.2 Å². The Morgan fingerprint density at radius 3 is 2.78 bits per heavy atom. The Labute approximate surface area is 110 Å². The highest BCUT2D eigenvalue weighted by molar-refractivity contribution is 7.09. The first-order valence-corrected chi connectivity index (χ1v) is 6.47. The zero-order chi connectivity index (χ0) is 13.0. The summed E-state index contributed by atoms with van der Waals surface area (Å²) in [5.74, 6) is 1.52. The third kappa shape index (κ3) is 2.80. The summed E-state index contributed by atoms with van der Waals surface area (Å²) in [5, 5.41) is 0. The molecule has 18 heavy (non-hydrogen) atoms. The van der Waals surface area contributed by atoms with Crippen molar-refractivity contribution in [3.8, 4) is 11.5 Å². The van der Waals surface area contributed by atoms with Crippen molar-refractivity contribution in [2.24, 2.45) is 5.73 Å². The topological polar surface area (TPSA) is 57.4 Å². The quantitative estimate of drug-likeness (QED) is 0.901. The number of nitrogens with two attached hydrogens (primary N) is 1. The Balaban J connectivity index is 2.21. The van der Waals surface area contributed by atoms with Gasteiger partial charge in [0, 0.05) is 35.2 Å². The van der Waals surface area contributed by atoms with E-state index in [1.54, 1.807) is 25.6 Å². The fraction of sp³-hybridized carbons (Fsp3) is 0.308. The molecule has 5 heteroatoms. The van der Waals surface area contributed by atoms with Crippen LogP contribution < -0.4 is 15.2 Å². The van der Waals surface area contributed by atoms with E-state index in [0.29, 0.717) is 0 Å². The number of hydrogen-bond acceptors (Lipinski definition) is 5. The van der Waals surface area contributed by atoms with Gasteiger partial charge < -0.3 is 15.2 Å². The molecular weight excluding hydrogens is 248 g/mol. The van der Waals surface area contributed by atoms with Crippen LogP contribution in [0.2, 0.25) is 0 Å². The van der Waals surface area contributed by atoms with E-state index in [9.17, 15) is 0 Å². The highest BCUT2D eigenvalue weighted by Crippen LogP contribution is 2.30. The molecule has 1 aromatic carbocycles. The van der Waals surface area contributed by atoms with Gasteiger partial charge in [-0.05, 0) is 6.07 Å². The first-order chi connectivity index (χ1) is 8.74. The van der Waals surface area contributed by atoms with Crippen molar-refractivity contribution < 1.29 is 9.47 Å². The Morgan fingerprint density at radius 1 is 1.33 bits per heavy atom. The molecule has 0 amide bonds. The van der Waals surface area contributed by atoms with Crippen molar-refractivity contribution in [2.75, 3.05) is 14.2 Å². The number of rotatable bonds is 5. The second-order valence-corrected chi connectivity index (χ2v) is 4.86. The fourth-order valence-corrected chi connectivity index (χ4v) is 2.45. The van der Waals surface area contributed by atoms with Crippen LogP contribution in [0.5, 0.6) is 11.5 Å². The van der Waals surface area contributed by atoms with Crippen molar-refractivity contribution in [3.63, 3.8) is 0 Å². The number of benzene rings is 1. The molecule has 0 radical (unpaired) electrons. The first kappa shape index (κ1) is 12.9. The lowest BCUT2D eigenvalue weighted by atomic mass is 10.0. The summed E-state index contributed by atoms with van der Waals surface area (Å²) in [6.45, 7) is 0. The summed E-state index contributed by atoms with van der Waals surface area (Å²) in [6.07, 6.45) is 2.61. The minimum Gasteiger partial charge on any atom is -0.497 e. The monoisotopic (exact) mass is 264 g/mol. The maximum atomic E-state index is 6.21. The molecule has 0 spiro atoms. The van der Waals surface area contributed by atoms with E-state index in [0.717, 1.165) is 23.5 Å². The van der Waals surface area contributed by atoms with Gasteiger partial charge in [-0.15, -0.1) is 11.3 Å². The van der Waals surface area contributed by atoms with Crippen LogP contribution in [0.15, 0.2) is 29.9 Å². The molecule has 1 aromatic heterocycles. The lowest BCUT2D eigenvalue weighted by molar-refractivity contribution is 0.388. The van der Waals surface area contributed by atoms with Gasteiger partial charge in [-0.1, -0.05) is 6.07 Å². The zero-order valence-corrected chi connectivity index (χ0v) is 11.2. The fourth-order valence-electron chi connectivity index (χ4n) is 1.79. The van der Waals surface area contributed by atoms with Crippen molar-refractivity contribution in [1.29, 1.82) is 0 Å². The standard InChI is InChI=1S/C13H16N2O2S/c1-16-9-3-4-11(13(5-9)17-2)12(14)6-10-7-15-8-18-10/h3-5,7-8,12H,6,14H2,1-2H3. The van der Waals surface area contributed by atoms with Gasteiger partial charge in [0.1, 0.15) is 11.5 Å². The maximum absolute atomic E-state index is 6.21. The van der Waals surface area contributed by atoms with E-state index >= 15 is 0 Å². The lowest BCUT2D eigenvalue weighted by Crippen LogP contribution is -2.14. The van der Waals surface area contributed by atoms with E-state index in [-0.39, 0.29) is 6.04 Å². The highest BCUT2D eigenvalue weighted by Gasteiger charge is 2.14. The molecule has 1 unspecified atom stereocenters. The SMILES string of the molecule is COc1ccc(C(N)Cc2cncs2)c(OC)c1. The van der Waals surface area contributed by atoms with Crippen molar-refractivity contribution in [3.05, 3.63) is 40.3 Å². The largest absolute Gasteiger partial charge is 0.497 e. The molecule has 2 aromatic rings. The molecule has 1 heterocycles. The molecule has 0 saturated carbocycles. The molecule has 2 N–H and O–H groups in total. The van der Waals surface area contributed by atoms with E-state index < -0.39 is 0 Å². The van der Waals surface area contributed by atoms with Crippen LogP contribution in [0.3, 0.4) is 0 Å². The number of methoxy groups -OCH3 is 2. The lowest BCUT2D eigenvalue weighted by Gasteiger charge is -2.15. The predicted octanol–water partition coefficient (Wildman–Crippen LogP) is 2.40. The Kier molecular flexibility index (Phi) is 4.17. The van der Waals surface area contributed by atoms with E-state index in [2.05, 4.69) is 4.98 Å². The molecule has 96 valence electrons. The van der Waals surface area contributed by atoms with E-state index in [1.807, 2.05) is 29.9 Å². The number of thiazole rings is 1. The predicted molar refractivity (Wildman–Crippen MR) is 72.3 cm³/mol. The van der Waals surface area contributed by atoms with Crippen LogP contribution in [0, 0.1) is 0 Å². The highest BCUT2D eigenvalue weighted by atomic mass is 32.1. The second-order valence-electron chi connectivity index (χ2n) is 3.89. The third-order valence-corrected chi connectivity index (χ3v) is 3.55. The van der Waals surface area contributed by atoms with Crippen molar-refractivity contribution >= 4 is 11.3 Å². The molecule has 2 rings (SSSR count). The molecule has 0 saturated heterocycles. The first-order valence-electron chi connectivity index (χ1n) is 5.59. The number of ether oxygens (including phenoxy) is 2. The summed E-state index contributed by atoms with van der Waals surface area (Å²) >= 11 is 1.61. The van der Waals surface area contributed by atoms with Crippen LogP contribution >= 0.6 is 11.3 Å². The van der Waals surface area contributed by atoms with Gasteiger partial charge in [-0.2, -0.15) is 0 Å². The normalized spacial score (nSPS) is 12.2. The summed E-state index contributed by atoms with van der Waals surface area (Å²) < 4.78 is 10.5. The van der Waals surface area contributed by atoms with Gasteiger partial charge in [-0.3, -0.25) is 4.98 Å². The molecule has 0 fully saturated rings. The van der Waals surface area contributed by atoms with Gasteiger partial charge >= 0.3 is 0 Å². The summed E-state index contributed by atoms with van der Waals surface area (Å²) in [6, 6.07) is 5.58. The van der Waals surface area contributed by atoms with Gasteiger partial charge in [0.25, 0.3) is 0 Å². The minimum absolute atomic E-state index is 0.105. The number of aromatic nitrogens is 1. The van der Waals surface area contributed by atoms with Crippen molar-refractivity contribution in [2.45, 2.75) is 12.5 Å². The third-order valence-electron chi connectivity index (χ3n) is 2.74. The molecule has 0 bridgehead atoms. The molecule has 0 aliphatic rings. The summed E-state index contributed by atoms with van der Waals surface area (Å²) in [4.78, 5) is 5.22. The van der Waals surface area contributed by atoms with Gasteiger partial charge in [0.05, 0.1) is 19.7 Å². The van der Waals surface area contributed by atoms with Crippen LogP contribution in [-0.4, -0.2) is 19.2 Å². The maximum Gasteiger partial charge on any atom is 0.127 e. The molecule has 1 atom stereocenters. The van der Waals surface area contributed by atoms with Gasteiger partial charge in [0.15, 0.2) is 0 Å². The average Bonchev–Trinajstić information content (AvgIpc) is 2.90. The Bertz CT molecular complexity index is 500. The molecule has 0 aliphatic heterocycles. The van der Waals surface area contributed by atoms with Crippen LogP contribution in [-0.2, 0) is 6.42 Å². The Hall–Kier alpha value is -1.59. The summed E-state index contributed by atoms with van der Waals surface area (Å²) in [5.41, 5.74) is 9.00. The minimum atomic E-state index is -0.105. The van der Waals surface area contributed by atoms with Crippen LogP contribution in [0.25, 0.3) is 0 Å². The second kappa shape index (κ2) is 5.84. The zero-order valence-electron chi connectivity index (χ0n) is 10.4.